The third kappa shape index (κ3) is 4.35. The first-order valence-corrected chi connectivity index (χ1v) is 5.78. The number of carboxylic acids is 1. The second-order valence-electron chi connectivity index (χ2n) is 3.72. The van der Waals surface area contributed by atoms with Crippen LogP contribution in [0.3, 0.4) is 0 Å². The van der Waals surface area contributed by atoms with Crippen molar-refractivity contribution in [1.29, 1.82) is 0 Å². The molecule has 6 heteroatoms. The largest absolute Gasteiger partial charge is 0.481 e. The van der Waals surface area contributed by atoms with Crippen molar-refractivity contribution in [2.24, 2.45) is 0 Å². The van der Waals surface area contributed by atoms with Gasteiger partial charge in [0.25, 0.3) is 0 Å². The van der Waals surface area contributed by atoms with Crippen molar-refractivity contribution >= 4 is 23.5 Å². The van der Waals surface area contributed by atoms with Crippen molar-refractivity contribution < 1.29 is 19.8 Å². The molecule has 0 aliphatic rings. The number of benzene rings is 1. The number of carbonyl (C=O) groups excluding carboxylic acids is 1. The molecule has 98 valence electrons. The van der Waals surface area contributed by atoms with Gasteiger partial charge >= 0.3 is 5.97 Å². The van der Waals surface area contributed by atoms with Crippen LogP contribution < -0.4 is 5.32 Å². The molecule has 0 radical (unpaired) electrons. The molecule has 0 saturated carbocycles. The highest BCUT2D eigenvalue weighted by molar-refractivity contribution is 6.30. The zero-order valence-corrected chi connectivity index (χ0v) is 10.4. The van der Waals surface area contributed by atoms with E-state index in [4.69, 9.17) is 21.8 Å². The molecule has 3 N–H and O–H groups in total. The lowest BCUT2D eigenvalue weighted by Crippen LogP contribution is -2.29. The molecule has 1 rings (SSSR count). The number of hydrogen-bond donors (Lipinski definition) is 3. The summed E-state index contributed by atoms with van der Waals surface area (Å²) in [5.41, 5.74) is 0.481. The van der Waals surface area contributed by atoms with Gasteiger partial charge in [0.1, 0.15) is 0 Å². The smallest absolute Gasteiger partial charge is 0.311 e. The van der Waals surface area contributed by atoms with Gasteiger partial charge in [-0.2, -0.15) is 0 Å². The Labute approximate surface area is 109 Å². The Morgan fingerprint density at radius 1 is 1.39 bits per heavy atom. The Balaban J connectivity index is 2.77. The van der Waals surface area contributed by atoms with Gasteiger partial charge in [-0.1, -0.05) is 23.7 Å². The van der Waals surface area contributed by atoms with Crippen molar-refractivity contribution in [3.63, 3.8) is 0 Å². The Kier molecular flexibility index (Phi) is 5.61. The fourth-order valence-electron chi connectivity index (χ4n) is 1.52. The third-order valence-electron chi connectivity index (χ3n) is 2.37. The van der Waals surface area contributed by atoms with Crippen LogP contribution >= 0.6 is 11.6 Å². The SMILES string of the molecule is O=C(CC(C(=O)O)c1cccc(Cl)c1)NCCO. The maximum Gasteiger partial charge on any atom is 0.311 e. The summed E-state index contributed by atoms with van der Waals surface area (Å²) in [6, 6.07) is 6.42. The molecular weight excluding hydrogens is 258 g/mol. The average molecular weight is 272 g/mol. The minimum absolute atomic E-state index is 0.112. The predicted molar refractivity (Wildman–Crippen MR) is 66.5 cm³/mol. The van der Waals surface area contributed by atoms with Crippen LogP contribution in [0.1, 0.15) is 17.9 Å². The highest BCUT2D eigenvalue weighted by atomic mass is 35.5. The first kappa shape index (κ1) is 14.5. The van der Waals surface area contributed by atoms with Crippen LogP contribution in [0.25, 0.3) is 0 Å². The van der Waals surface area contributed by atoms with Gasteiger partial charge in [0.15, 0.2) is 0 Å². The highest BCUT2D eigenvalue weighted by Gasteiger charge is 2.23. The lowest BCUT2D eigenvalue weighted by atomic mass is 9.95. The normalized spacial score (nSPS) is 11.9. The molecule has 1 unspecified atom stereocenters. The summed E-state index contributed by atoms with van der Waals surface area (Å²) in [5.74, 6) is -2.45. The number of amides is 1. The van der Waals surface area contributed by atoms with Crippen LogP contribution in [0.2, 0.25) is 5.02 Å². The summed E-state index contributed by atoms with van der Waals surface area (Å²) in [4.78, 5) is 22.6. The van der Waals surface area contributed by atoms with Crippen molar-refractivity contribution in [1.82, 2.24) is 5.32 Å². The topological polar surface area (TPSA) is 86.6 Å². The fraction of sp³-hybridized carbons (Fsp3) is 0.333. The summed E-state index contributed by atoms with van der Waals surface area (Å²) in [7, 11) is 0. The Hall–Kier alpha value is -1.59. The van der Waals surface area contributed by atoms with Gasteiger partial charge in [-0.3, -0.25) is 9.59 Å². The number of rotatable bonds is 6. The Bertz CT molecular complexity index is 436. The first-order valence-electron chi connectivity index (χ1n) is 5.40. The molecule has 18 heavy (non-hydrogen) atoms. The average Bonchev–Trinajstić information content (AvgIpc) is 2.33. The second kappa shape index (κ2) is 6.98. The van der Waals surface area contributed by atoms with Crippen molar-refractivity contribution in [2.75, 3.05) is 13.2 Å². The minimum atomic E-state index is -1.09. The molecule has 0 spiro atoms. The molecule has 0 fully saturated rings. The van der Waals surface area contributed by atoms with Crippen molar-refractivity contribution in [3.8, 4) is 0 Å². The molecule has 0 aromatic heterocycles. The zero-order chi connectivity index (χ0) is 13.5. The van der Waals surface area contributed by atoms with Gasteiger partial charge in [0.2, 0.25) is 5.91 Å². The van der Waals surface area contributed by atoms with Crippen LogP contribution in [0.4, 0.5) is 0 Å². The maximum atomic E-state index is 11.5. The van der Waals surface area contributed by atoms with Crippen molar-refractivity contribution in [2.45, 2.75) is 12.3 Å². The molecule has 1 atom stereocenters. The molecule has 5 nitrogen and oxygen atoms in total. The number of aliphatic hydroxyl groups is 1. The molecule has 0 bridgehead atoms. The number of halogens is 1. The van der Waals surface area contributed by atoms with E-state index in [2.05, 4.69) is 5.32 Å². The Morgan fingerprint density at radius 3 is 2.67 bits per heavy atom. The molecule has 0 heterocycles. The number of aliphatic hydroxyl groups excluding tert-OH is 1. The standard InChI is InChI=1S/C12H14ClNO4/c13-9-3-1-2-8(6-9)10(12(17)18)7-11(16)14-4-5-15/h1-3,6,10,15H,4-5,7H2,(H,14,16)(H,17,18). The minimum Gasteiger partial charge on any atom is -0.481 e. The second-order valence-corrected chi connectivity index (χ2v) is 4.16. The molecule has 1 amide bonds. The number of nitrogens with one attached hydrogen (secondary N) is 1. The van der Waals surface area contributed by atoms with Crippen molar-refractivity contribution in [3.05, 3.63) is 34.9 Å². The summed E-state index contributed by atoms with van der Waals surface area (Å²) < 4.78 is 0. The summed E-state index contributed by atoms with van der Waals surface area (Å²) >= 11 is 5.79. The number of hydrogen-bond acceptors (Lipinski definition) is 3. The van der Waals surface area contributed by atoms with Gasteiger partial charge in [0.05, 0.1) is 12.5 Å². The van der Waals surface area contributed by atoms with E-state index in [1.165, 1.54) is 6.07 Å². The highest BCUT2D eigenvalue weighted by Crippen LogP contribution is 2.23. The molecule has 1 aromatic carbocycles. The number of carbonyl (C=O) groups is 2. The van der Waals surface area contributed by atoms with E-state index in [1.54, 1.807) is 18.2 Å². The van der Waals surface area contributed by atoms with Crippen LogP contribution in [-0.4, -0.2) is 35.2 Å². The van der Waals surface area contributed by atoms with E-state index in [9.17, 15) is 9.59 Å². The van der Waals surface area contributed by atoms with Crippen LogP contribution in [-0.2, 0) is 9.59 Å². The van der Waals surface area contributed by atoms with E-state index >= 15 is 0 Å². The predicted octanol–water partition coefficient (Wildman–Crippen LogP) is 1.01. The monoisotopic (exact) mass is 271 g/mol. The van der Waals surface area contributed by atoms with E-state index in [1.807, 2.05) is 0 Å². The molecular formula is C12H14ClNO4. The number of aliphatic carboxylic acids is 1. The third-order valence-corrected chi connectivity index (χ3v) is 2.61. The molecule has 1 aromatic rings. The van der Waals surface area contributed by atoms with Gasteiger partial charge in [-0.05, 0) is 17.7 Å². The summed E-state index contributed by atoms with van der Waals surface area (Å²) in [6.45, 7) is -0.0681. The summed E-state index contributed by atoms with van der Waals surface area (Å²) in [6.07, 6.45) is -0.185. The van der Waals surface area contributed by atoms with Gasteiger partial charge < -0.3 is 15.5 Å². The molecule has 0 saturated heterocycles. The quantitative estimate of drug-likeness (QED) is 0.721. The number of carboxylic acid groups (broad SMARTS) is 1. The Morgan fingerprint density at radius 2 is 2.11 bits per heavy atom. The van der Waals surface area contributed by atoms with E-state index < -0.39 is 17.8 Å². The molecule has 0 aliphatic carbocycles. The molecule has 0 aliphatic heterocycles. The van der Waals surface area contributed by atoms with E-state index in [0.717, 1.165) is 0 Å². The zero-order valence-electron chi connectivity index (χ0n) is 9.60. The van der Waals surface area contributed by atoms with Crippen LogP contribution in [0.5, 0.6) is 0 Å². The van der Waals surface area contributed by atoms with Gasteiger partial charge in [-0.15, -0.1) is 0 Å². The van der Waals surface area contributed by atoms with E-state index in [-0.39, 0.29) is 19.6 Å². The maximum absolute atomic E-state index is 11.5. The lowest BCUT2D eigenvalue weighted by Gasteiger charge is -2.12. The fourth-order valence-corrected chi connectivity index (χ4v) is 1.72. The van der Waals surface area contributed by atoms with E-state index in [0.29, 0.717) is 10.6 Å². The lowest BCUT2D eigenvalue weighted by molar-refractivity contribution is -0.140. The summed E-state index contributed by atoms with van der Waals surface area (Å²) in [5, 5.41) is 20.5. The van der Waals surface area contributed by atoms with Crippen LogP contribution in [0.15, 0.2) is 24.3 Å². The first-order chi connectivity index (χ1) is 8.54. The van der Waals surface area contributed by atoms with Gasteiger partial charge in [-0.25, -0.2) is 0 Å². The van der Waals surface area contributed by atoms with Gasteiger partial charge in [0, 0.05) is 18.0 Å². The van der Waals surface area contributed by atoms with Crippen LogP contribution in [0, 0.1) is 0 Å².